The molecule has 0 aromatic rings. The topological polar surface area (TPSA) is 61.4 Å². The van der Waals surface area contributed by atoms with E-state index < -0.39 is 12.5 Å². The van der Waals surface area contributed by atoms with E-state index in [9.17, 15) is 13.6 Å². The standard InChI is InChI=1S/C9H16F2N2O2/c1-5(6-2-12-3-6)9(15)13-4-7(14)8(10)11/h5-8,12,14H,2-4H2,1H3,(H,13,15). The lowest BCUT2D eigenvalue weighted by Gasteiger charge is -2.31. The third-order valence-electron chi connectivity index (χ3n) is 2.71. The maximum absolute atomic E-state index is 11.9. The maximum Gasteiger partial charge on any atom is 0.265 e. The van der Waals surface area contributed by atoms with E-state index in [-0.39, 0.29) is 24.3 Å². The second kappa shape index (κ2) is 5.37. The van der Waals surface area contributed by atoms with Crippen LogP contribution in [0, 0.1) is 11.8 Å². The van der Waals surface area contributed by atoms with Crippen LogP contribution in [0.3, 0.4) is 0 Å². The highest BCUT2D eigenvalue weighted by molar-refractivity contribution is 5.78. The fraction of sp³-hybridized carbons (Fsp3) is 0.889. The molecule has 1 amide bonds. The first-order valence-corrected chi connectivity index (χ1v) is 4.97. The first-order chi connectivity index (χ1) is 7.02. The summed E-state index contributed by atoms with van der Waals surface area (Å²) in [5, 5.41) is 14.1. The predicted octanol–water partition coefficient (Wildman–Crippen LogP) is -0.416. The highest BCUT2D eigenvalue weighted by atomic mass is 19.3. The number of alkyl halides is 2. The fourth-order valence-electron chi connectivity index (χ4n) is 1.33. The van der Waals surface area contributed by atoms with Gasteiger partial charge in [0.15, 0.2) is 0 Å². The molecule has 0 bridgehead atoms. The summed E-state index contributed by atoms with van der Waals surface area (Å²) in [6.45, 7) is 2.94. The summed E-state index contributed by atoms with van der Waals surface area (Å²) in [6, 6.07) is 0. The van der Waals surface area contributed by atoms with Gasteiger partial charge in [0.05, 0.1) is 0 Å². The number of carbonyl (C=O) groups excluding carboxylic acids is 1. The van der Waals surface area contributed by atoms with Gasteiger partial charge >= 0.3 is 0 Å². The summed E-state index contributed by atoms with van der Waals surface area (Å²) < 4.78 is 23.8. The Kier molecular flexibility index (Phi) is 4.41. The van der Waals surface area contributed by atoms with Crippen LogP contribution in [0.4, 0.5) is 8.78 Å². The summed E-state index contributed by atoms with van der Waals surface area (Å²) in [7, 11) is 0. The Bertz CT molecular complexity index is 222. The molecule has 1 rings (SSSR count). The van der Waals surface area contributed by atoms with E-state index >= 15 is 0 Å². The van der Waals surface area contributed by atoms with Crippen LogP contribution in [-0.2, 0) is 4.79 Å². The van der Waals surface area contributed by atoms with Gasteiger partial charge in [-0.15, -0.1) is 0 Å². The Morgan fingerprint density at radius 2 is 2.20 bits per heavy atom. The van der Waals surface area contributed by atoms with E-state index in [0.717, 1.165) is 13.1 Å². The van der Waals surface area contributed by atoms with Gasteiger partial charge in [-0.3, -0.25) is 4.79 Å². The quantitative estimate of drug-likeness (QED) is 0.592. The van der Waals surface area contributed by atoms with Crippen LogP contribution in [0.1, 0.15) is 6.92 Å². The molecule has 2 unspecified atom stereocenters. The molecule has 2 atom stereocenters. The summed E-state index contributed by atoms with van der Waals surface area (Å²) >= 11 is 0. The zero-order valence-electron chi connectivity index (χ0n) is 8.54. The van der Waals surface area contributed by atoms with Crippen molar-refractivity contribution in [3.63, 3.8) is 0 Å². The van der Waals surface area contributed by atoms with Crippen molar-refractivity contribution >= 4 is 5.91 Å². The lowest BCUT2D eigenvalue weighted by Crippen LogP contribution is -2.50. The van der Waals surface area contributed by atoms with Crippen LogP contribution in [0.15, 0.2) is 0 Å². The van der Waals surface area contributed by atoms with Crippen molar-refractivity contribution in [1.29, 1.82) is 0 Å². The molecule has 15 heavy (non-hydrogen) atoms. The SMILES string of the molecule is CC(C(=O)NCC(O)C(F)F)C1CNC1. The van der Waals surface area contributed by atoms with Crippen molar-refractivity contribution in [2.24, 2.45) is 11.8 Å². The average Bonchev–Trinajstić information content (AvgIpc) is 2.10. The Balaban J connectivity index is 2.22. The van der Waals surface area contributed by atoms with E-state index in [2.05, 4.69) is 10.6 Å². The number of amides is 1. The molecule has 3 N–H and O–H groups in total. The van der Waals surface area contributed by atoms with Crippen molar-refractivity contribution in [2.75, 3.05) is 19.6 Å². The molecule has 0 aromatic heterocycles. The molecular weight excluding hydrogens is 206 g/mol. The van der Waals surface area contributed by atoms with Gasteiger partial charge in [0.2, 0.25) is 5.91 Å². The van der Waals surface area contributed by atoms with Crippen LogP contribution in [-0.4, -0.2) is 43.2 Å². The minimum absolute atomic E-state index is 0.198. The molecule has 1 aliphatic heterocycles. The molecule has 1 fully saturated rings. The van der Waals surface area contributed by atoms with Gasteiger partial charge in [-0.05, 0) is 19.0 Å². The summed E-state index contributed by atoms with van der Waals surface area (Å²) in [6.07, 6.45) is -4.59. The second-order valence-corrected chi connectivity index (χ2v) is 3.85. The number of carbonyl (C=O) groups is 1. The van der Waals surface area contributed by atoms with Crippen molar-refractivity contribution in [3.8, 4) is 0 Å². The minimum atomic E-state index is -2.81. The van der Waals surface area contributed by atoms with Crippen LogP contribution in [0.25, 0.3) is 0 Å². The number of hydrogen-bond donors (Lipinski definition) is 3. The van der Waals surface area contributed by atoms with E-state index in [4.69, 9.17) is 5.11 Å². The highest BCUT2D eigenvalue weighted by Crippen LogP contribution is 2.15. The van der Waals surface area contributed by atoms with Crippen molar-refractivity contribution in [2.45, 2.75) is 19.5 Å². The molecule has 6 heteroatoms. The van der Waals surface area contributed by atoms with Gasteiger partial charge in [-0.1, -0.05) is 6.92 Å². The summed E-state index contributed by atoms with van der Waals surface area (Å²) in [5.74, 6) is -0.203. The first kappa shape index (κ1) is 12.3. The molecule has 0 aromatic carbocycles. The van der Waals surface area contributed by atoms with Gasteiger partial charge < -0.3 is 15.7 Å². The lowest BCUT2D eigenvalue weighted by atomic mass is 9.88. The van der Waals surface area contributed by atoms with Gasteiger partial charge in [0.1, 0.15) is 6.10 Å². The maximum atomic E-state index is 11.9. The molecule has 0 radical (unpaired) electrons. The van der Waals surface area contributed by atoms with Crippen molar-refractivity contribution < 1.29 is 18.7 Å². The van der Waals surface area contributed by atoms with Gasteiger partial charge in [0, 0.05) is 12.5 Å². The Morgan fingerprint density at radius 3 is 2.60 bits per heavy atom. The predicted molar refractivity (Wildman–Crippen MR) is 50.5 cm³/mol. The number of aliphatic hydroxyl groups is 1. The molecule has 0 saturated carbocycles. The zero-order valence-corrected chi connectivity index (χ0v) is 8.54. The minimum Gasteiger partial charge on any atom is -0.385 e. The molecular formula is C9H16F2N2O2. The van der Waals surface area contributed by atoms with Crippen LogP contribution in [0.5, 0.6) is 0 Å². The molecule has 0 spiro atoms. The van der Waals surface area contributed by atoms with Gasteiger partial charge in [-0.2, -0.15) is 0 Å². The first-order valence-electron chi connectivity index (χ1n) is 4.97. The van der Waals surface area contributed by atoms with Crippen LogP contribution < -0.4 is 10.6 Å². The molecule has 1 heterocycles. The summed E-state index contributed by atoms with van der Waals surface area (Å²) in [5.41, 5.74) is 0. The van der Waals surface area contributed by atoms with Gasteiger partial charge in [0.25, 0.3) is 6.43 Å². The van der Waals surface area contributed by atoms with Crippen molar-refractivity contribution in [3.05, 3.63) is 0 Å². The zero-order chi connectivity index (χ0) is 11.4. The Labute approximate surface area is 87.0 Å². The third kappa shape index (κ3) is 3.39. The lowest BCUT2D eigenvalue weighted by molar-refractivity contribution is -0.127. The van der Waals surface area contributed by atoms with Gasteiger partial charge in [-0.25, -0.2) is 8.78 Å². The molecule has 88 valence electrons. The molecule has 1 aliphatic rings. The number of halogens is 2. The third-order valence-corrected chi connectivity index (χ3v) is 2.71. The number of rotatable bonds is 5. The Hall–Kier alpha value is -0.750. The van der Waals surface area contributed by atoms with E-state index in [0.29, 0.717) is 0 Å². The van der Waals surface area contributed by atoms with E-state index in [1.807, 2.05) is 0 Å². The number of hydrogen-bond acceptors (Lipinski definition) is 3. The number of aliphatic hydroxyl groups excluding tert-OH is 1. The second-order valence-electron chi connectivity index (χ2n) is 3.85. The highest BCUT2D eigenvalue weighted by Gasteiger charge is 2.29. The van der Waals surface area contributed by atoms with Crippen molar-refractivity contribution in [1.82, 2.24) is 10.6 Å². The van der Waals surface area contributed by atoms with E-state index in [1.54, 1.807) is 6.92 Å². The smallest absolute Gasteiger partial charge is 0.265 e. The van der Waals surface area contributed by atoms with Crippen LogP contribution in [0.2, 0.25) is 0 Å². The average molecular weight is 222 g/mol. The Morgan fingerprint density at radius 1 is 1.60 bits per heavy atom. The monoisotopic (exact) mass is 222 g/mol. The van der Waals surface area contributed by atoms with Crippen LogP contribution >= 0.6 is 0 Å². The molecule has 4 nitrogen and oxygen atoms in total. The fourth-order valence-corrected chi connectivity index (χ4v) is 1.33. The van der Waals surface area contributed by atoms with E-state index in [1.165, 1.54) is 0 Å². The summed E-state index contributed by atoms with van der Waals surface area (Å²) in [4.78, 5) is 11.4. The normalized spacial score (nSPS) is 20.9. The molecule has 1 saturated heterocycles. The molecule has 0 aliphatic carbocycles. The number of nitrogens with one attached hydrogen (secondary N) is 2. The largest absolute Gasteiger partial charge is 0.385 e.